The molecule has 2 atom stereocenters. The highest BCUT2D eigenvalue weighted by molar-refractivity contribution is 5.76. The lowest BCUT2D eigenvalue weighted by Crippen LogP contribution is -2.45. The number of rotatable bonds is 61. The van der Waals surface area contributed by atoms with Crippen LogP contribution in [0.2, 0.25) is 0 Å². The topological polar surface area (TPSA) is 69.6 Å². The molecule has 0 aliphatic carbocycles. The molecule has 0 aliphatic heterocycles. The Kier molecular flexibility index (Phi) is 67.9. The Labute approximate surface area is 514 Å². The van der Waals surface area contributed by atoms with Gasteiger partial charge in [0, 0.05) is 6.42 Å². The molecule has 83 heavy (non-hydrogen) atoms. The molecule has 0 rings (SSSR count). The average Bonchev–Trinajstić information content (AvgIpc) is 3.51. The van der Waals surface area contributed by atoms with E-state index in [1.807, 2.05) is 6.08 Å². The minimum Gasteiger partial charge on any atom is -0.394 e. The van der Waals surface area contributed by atoms with Gasteiger partial charge in [-0.1, -0.05) is 331 Å². The van der Waals surface area contributed by atoms with Crippen molar-refractivity contribution in [2.75, 3.05) is 6.61 Å². The van der Waals surface area contributed by atoms with Crippen molar-refractivity contribution in [3.05, 3.63) is 182 Å². The molecule has 2 unspecified atom stereocenters. The van der Waals surface area contributed by atoms with Crippen LogP contribution in [-0.4, -0.2) is 34.9 Å². The summed E-state index contributed by atoms with van der Waals surface area (Å²) in [7, 11) is 0. The van der Waals surface area contributed by atoms with Gasteiger partial charge in [-0.25, -0.2) is 0 Å². The van der Waals surface area contributed by atoms with E-state index in [9.17, 15) is 15.0 Å². The van der Waals surface area contributed by atoms with Crippen LogP contribution in [0, 0.1) is 0 Å². The van der Waals surface area contributed by atoms with Crippen LogP contribution in [0.1, 0.15) is 290 Å². The van der Waals surface area contributed by atoms with Crippen molar-refractivity contribution in [1.29, 1.82) is 0 Å². The molecule has 1 amide bonds. The average molecular weight is 1140 g/mol. The molecule has 0 spiro atoms. The van der Waals surface area contributed by atoms with Crippen LogP contribution in [0.4, 0.5) is 0 Å². The van der Waals surface area contributed by atoms with Crippen molar-refractivity contribution >= 4 is 5.91 Å². The molecule has 0 fully saturated rings. The summed E-state index contributed by atoms with van der Waals surface area (Å²) in [5.41, 5.74) is 0. The number of carbonyl (C=O) groups excluding carboxylic acids is 1. The first-order valence-electron chi connectivity index (χ1n) is 34.5. The van der Waals surface area contributed by atoms with Gasteiger partial charge in [-0.2, -0.15) is 0 Å². The van der Waals surface area contributed by atoms with Crippen molar-refractivity contribution in [1.82, 2.24) is 5.32 Å². The van der Waals surface area contributed by atoms with E-state index in [1.165, 1.54) is 148 Å². The van der Waals surface area contributed by atoms with Crippen molar-refractivity contribution in [2.24, 2.45) is 0 Å². The molecule has 0 saturated carbocycles. The molecule has 0 radical (unpaired) electrons. The van der Waals surface area contributed by atoms with Crippen LogP contribution in [0.15, 0.2) is 182 Å². The van der Waals surface area contributed by atoms with Gasteiger partial charge in [0.15, 0.2) is 0 Å². The maximum atomic E-state index is 12.5. The Morgan fingerprint density at radius 1 is 0.301 bits per heavy atom. The van der Waals surface area contributed by atoms with Gasteiger partial charge in [-0.05, 0) is 135 Å². The van der Waals surface area contributed by atoms with Crippen LogP contribution in [-0.2, 0) is 4.79 Å². The third-order valence-electron chi connectivity index (χ3n) is 14.6. The third-order valence-corrected chi connectivity index (χ3v) is 14.6. The molecule has 0 aromatic heterocycles. The molecule has 0 saturated heterocycles. The molecule has 4 heteroatoms. The second kappa shape index (κ2) is 71.8. The smallest absolute Gasteiger partial charge is 0.220 e. The summed E-state index contributed by atoms with van der Waals surface area (Å²) in [6, 6.07) is -0.686. The summed E-state index contributed by atoms with van der Waals surface area (Å²) in [4.78, 5) is 12.5. The maximum absolute atomic E-state index is 12.5. The van der Waals surface area contributed by atoms with Crippen LogP contribution in [0.25, 0.3) is 0 Å². The van der Waals surface area contributed by atoms with E-state index in [0.717, 1.165) is 122 Å². The normalized spacial score (nSPS) is 13.9. The van der Waals surface area contributed by atoms with Gasteiger partial charge in [0.25, 0.3) is 0 Å². The van der Waals surface area contributed by atoms with Crippen molar-refractivity contribution in [3.8, 4) is 0 Å². The molecule has 468 valence electrons. The van der Waals surface area contributed by atoms with E-state index < -0.39 is 12.1 Å². The SMILES string of the molecule is CC/C=C\C/C=C\C/C=C\C/C=C\C/C=C\C/C=C\C/C=C\C/C=C\C/C=C\C/C=C\C/C=C\C/C=C\CCCCC(=O)NC(CO)C(O)/C=C/CC/C=C/CC/C=C/CCCCCCCCCCCCCCCCCCCCCCCC. The Bertz CT molecular complexity index is 1820. The summed E-state index contributed by atoms with van der Waals surface area (Å²) in [5, 5.41) is 23.2. The molecular weight excluding hydrogens is 1010 g/mol. The monoisotopic (exact) mass is 1140 g/mol. The number of aliphatic hydroxyl groups excluding tert-OH is 2. The van der Waals surface area contributed by atoms with Crippen molar-refractivity contribution in [3.63, 3.8) is 0 Å². The molecule has 0 heterocycles. The number of allylic oxidation sites excluding steroid dienone is 29. The van der Waals surface area contributed by atoms with E-state index >= 15 is 0 Å². The first-order chi connectivity index (χ1) is 41.2. The molecule has 0 bridgehead atoms. The predicted octanol–water partition coefficient (Wildman–Crippen LogP) is 24.0. The van der Waals surface area contributed by atoms with E-state index in [1.54, 1.807) is 6.08 Å². The molecular formula is C79H129NO3. The van der Waals surface area contributed by atoms with Gasteiger partial charge in [0.2, 0.25) is 5.91 Å². The minimum atomic E-state index is -0.905. The highest BCUT2D eigenvalue weighted by Crippen LogP contribution is 2.16. The van der Waals surface area contributed by atoms with Gasteiger partial charge >= 0.3 is 0 Å². The van der Waals surface area contributed by atoms with Crippen molar-refractivity contribution in [2.45, 2.75) is 302 Å². The summed E-state index contributed by atoms with van der Waals surface area (Å²) in [6.07, 6.45) is 117. The third kappa shape index (κ3) is 68.2. The zero-order valence-corrected chi connectivity index (χ0v) is 53.9. The summed E-state index contributed by atoms with van der Waals surface area (Å²) in [5.74, 6) is -0.126. The zero-order valence-electron chi connectivity index (χ0n) is 53.9. The maximum Gasteiger partial charge on any atom is 0.220 e. The van der Waals surface area contributed by atoms with E-state index in [0.29, 0.717) is 6.42 Å². The Hall–Kier alpha value is -4.51. The summed E-state index contributed by atoms with van der Waals surface area (Å²) < 4.78 is 0. The number of amides is 1. The van der Waals surface area contributed by atoms with Gasteiger partial charge in [-0.15, -0.1) is 0 Å². The number of hydrogen-bond donors (Lipinski definition) is 3. The van der Waals surface area contributed by atoms with Gasteiger partial charge < -0.3 is 15.5 Å². The molecule has 0 aliphatic rings. The van der Waals surface area contributed by atoms with E-state index in [2.05, 4.69) is 189 Å². The Morgan fingerprint density at radius 2 is 0.542 bits per heavy atom. The highest BCUT2D eigenvalue weighted by atomic mass is 16.3. The van der Waals surface area contributed by atoms with Crippen LogP contribution in [0.3, 0.4) is 0 Å². The fraction of sp³-hybridized carbons (Fsp3) is 0.608. The predicted molar refractivity (Wildman–Crippen MR) is 372 cm³/mol. The largest absolute Gasteiger partial charge is 0.394 e. The molecule has 3 N–H and O–H groups in total. The van der Waals surface area contributed by atoms with Gasteiger partial charge in [0.1, 0.15) is 0 Å². The summed E-state index contributed by atoms with van der Waals surface area (Å²) in [6.45, 7) is 4.17. The molecule has 0 aromatic carbocycles. The number of nitrogens with one attached hydrogen (secondary N) is 1. The van der Waals surface area contributed by atoms with E-state index in [4.69, 9.17) is 0 Å². The summed E-state index contributed by atoms with van der Waals surface area (Å²) >= 11 is 0. The van der Waals surface area contributed by atoms with Gasteiger partial charge in [0.05, 0.1) is 18.8 Å². The van der Waals surface area contributed by atoms with E-state index in [-0.39, 0.29) is 12.5 Å². The Balaban J connectivity index is 3.71. The number of aliphatic hydroxyl groups is 2. The lowest BCUT2D eigenvalue weighted by molar-refractivity contribution is -0.123. The quantitative estimate of drug-likeness (QED) is 0.0420. The number of hydrogen-bond acceptors (Lipinski definition) is 3. The first kappa shape index (κ1) is 78.5. The fourth-order valence-corrected chi connectivity index (χ4v) is 9.43. The standard InChI is InChI=1S/C79H129NO3/c1-3-5-7-9-11-13-15-17-19-21-23-25-27-29-31-33-35-37-38-39-40-41-42-43-45-47-49-51-53-55-57-59-61-63-65-67-69-71-73-75-79(83)80-77(76-81)78(82)74-72-70-68-66-64-62-60-58-56-54-52-50-48-46-44-36-34-32-30-28-26-24-22-20-18-16-14-12-10-8-6-4-2/h5,7,11,13,17,19,23,25,29,31,35,37,39-40,42-43,47,49,53,55-56,58-59,61,64-67,72,74,77-78,81-82H,3-4,6,8-10,12,14-16,18,20-22,24,26-28,30,32-34,36,38,41,44-46,48,50-52,54,57,60,62-63,68-71,73,75-76H2,1-2H3,(H,80,83)/b7-5-,13-11-,19-17-,25-23-,31-29-,37-35-,40-39-,43-42-,49-47-,55-53-,58-56+,61-59-,66-64+,67-65-,74-72+. The van der Waals surface area contributed by atoms with Crippen LogP contribution in [0.5, 0.6) is 0 Å². The first-order valence-corrected chi connectivity index (χ1v) is 34.5. The number of unbranched alkanes of at least 4 members (excludes halogenated alkanes) is 26. The fourth-order valence-electron chi connectivity index (χ4n) is 9.43. The zero-order chi connectivity index (χ0) is 59.8. The lowest BCUT2D eigenvalue weighted by Gasteiger charge is -2.19. The lowest BCUT2D eigenvalue weighted by atomic mass is 10.0. The second-order valence-corrected chi connectivity index (χ2v) is 22.5. The van der Waals surface area contributed by atoms with Crippen molar-refractivity contribution < 1.29 is 15.0 Å². The van der Waals surface area contributed by atoms with Gasteiger partial charge in [-0.3, -0.25) is 4.79 Å². The van der Waals surface area contributed by atoms with Crippen LogP contribution >= 0.6 is 0 Å². The number of carbonyl (C=O) groups is 1. The minimum absolute atomic E-state index is 0.126. The second-order valence-electron chi connectivity index (χ2n) is 22.5. The van der Waals surface area contributed by atoms with Crippen LogP contribution < -0.4 is 5.32 Å². The highest BCUT2D eigenvalue weighted by Gasteiger charge is 2.18. The molecule has 0 aromatic rings. The Morgan fingerprint density at radius 3 is 0.843 bits per heavy atom. The molecule has 4 nitrogen and oxygen atoms in total.